The van der Waals surface area contributed by atoms with Gasteiger partial charge in [0.25, 0.3) is 0 Å². The second-order valence-electron chi connectivity index (χ2n) is 3.88. The van der Waals surface area contributed by atoms with Crippen molar-refractivity contribution in [3.63, 3.8) is 0 Å². The molecule has 14 heavy (non-hydrogen) atoms. The van der Waals surface area contributed by atoms with Crippen LogP contribution in [0.1, 0.15) is 32.1 Å². The number of aliphatic hydroxyl groups is 1. The Bertz CT molecular complexity index is 196. The average molecular weight is 201 g/mol. The number of carbonyl (C=O) groups excluding carboxylic acids is 1. The Kier molecular flexibility index (Phi) is 4.35. The topological polar surface area (TPSA) is 49.8 Å². The standard InChI is InChI=1S/C10H19NO3/c1-11(14-2)10(13)8-4-3-5-9(12)7-6-8/h8-9,12H,3-7H2,1-2H3/t8-,9-/m0/s1. The molecule has 2 atom stereocenters. The van der Waals surface area contributed by atoms with Gasteiger partial charge >= 0.3 is 0 Å². The lowest BCUT2D eigenvalue weighted by molar-refractivity contribution is -0.173. The fraction of sp³-hybridized carbons (Fsp3) is 0.900. The van der Waals surface area contributed by atoms with Crippen molar-refractivity contribution in [2.24, 2.45) is 5.92 Å². The summed E-state index contributed by atoms with van der Waals surface area (Å²) in [5.41, 5.74) is 0. The molecule has 4 heteroatoms. The van der Waals surface area contributed by atoms with E-state index in [1.807, 2.05) is 0 Å². The van der Waals surface area contributed by atoms with Gasteiger partial charge in [0, 0.05) is 13.0 Å². The van der Waals surface area contributed by atoms with Crippen LogP contribution in [-0.4, -0.2) is 36.3 Å². The minimum absolute atomic E-state index is 0.0251. The highest BCUT2D eigenvalue weighted by atomic mass is 16.7. The third-order valence-corrected chi connectivity index (χ3v) is 2.87. The summed E-state index contributed by atoms with van der Waals surface area (Å²) in [4.78, 5) is 16.6. The maximum atomic E-state index is 11.7. The van der Waals surface area contributed by atoms with Crippen LogP contribution in [0.4, 0.5) is 0 Å². The molecule has 4 nitrogen and oxygen atoms in total. The molecule has 0 radical (unpaired) electrons. The van der Waals surface area contributed by atoms with Crippen LogP contribution in [0.15, 0.2) is 0 Å². The molecule has 0 aromatic carbocycles. The molecule has 0 aromatic heterocycles. The molecule has 82 valence electrons. The number of hydroxylamine groups is 2. The van der Waals surface area contributed by atoms with Crippen molar-refractivity contribution in [1.82, 2.24) is 5.06 Å². The zero-order valence-electron chi connectivity index (χ0n) is 8.90. The first-order chi connectivity index (χ1) is 6.65. The van der Waals surface area contributed by atoms with Gasteiger partial charge in [-0.15, -0.1) is 0 Å². The smallest absolute Gasteiger partial charge is 0.248 e. The summed E-state index contributed by atoms with van der Waals surface area (Å²) in [6, 6.07) is 0. The quantitative estimate of drug-likeness (QED) is 0.534. The van der Waals surface area contributed by atoms with E-state index in [9.17, 15) is 9.90 Å². The molecule has 0 aliphatic heterocycles. The van der Waals surface area contributed by atoms with Gasteiger partial charge in [-0.3, -0.25) is 9.63 Å². The van der Waals surface area contributed by atoms with Gasteiger partial charge in [-0.1, -0.05) is 6.42 Å². The minimum atomic E-state index is -0.222. The largest absolute Gasteiger partial charge is 0.393 e. The molecule has 1 amide bonds. The summed E-state index contributed by atoms with van der Waals surface area (Å²) in [6.45, 7) is 0. The molecule has 0 unspecified atom stereocenters. The highest BCUT2D eigenvalue weighted by Gasteiger charge is 2.25. The molecule has 1 N–H and O–H groups in total. The molecule has 1 rings (SSSR count). The van der Waals surface area contributed by atoms with E-state index in [0.29, 0.717) is 0 Å². The van der Waals surface area contributed by atoms with Crippen molar-refractivity contribution in [1.29, 1.82) is 0 Å². The molecule has 0 aromatic rings. The Morgan fingerprint density at radius 2 is 2.07 bits per heavy atom. The number of aliphatic hydroxyl groups excluding tert-OH is 1. The summed E-state index contributed by atoms with van der Waals surface area (Å²) >= 11 is 0. The van der Waals surface area contributed by atoms with Gasteiger partial charge in [-0.25, -0.2) is 5.06 Å². The first kappa shape index (κ1) is 11.5. The van der Waals surface area contributed by atoms with Crippen molar-refractivity contribution in [3.8, 4) is 0 Å². The van der Waals surface area contributed by atoms with Crippen LogP contribution in [0.5, 0.6) is 0 Å². The van der Waals surface area contributed by atoms with E-state index in [2.05, 4.69) is 0 Å². The lowest BCUT2D eigenvalue weighted by atomic mass is 9.99. The highest BCUT2D eigenvalue weighted by Crippen LogP contribution is 2.24. The number of hydrogen-bond acceptors (Lipinski definition) is 3. The first-order valence-corrected chi connectivity index (χ1v) is 5.15. The van der Waals surface area contributed by atoms with E-state index in [1.54, 1.807) is 7.05 Å². The Labute approximate surface area is 84.8 Å². The molecule has 1 aliphatic carbocycles. The van der Waals surface area contributed by atoms with Gasteiger partial charge < -0.3 is 5.11 Å². The summed E-state index contributed by atoms with van der Waals surface area (Å²) < 4.78 is 0. The van der Waals surface area contributed by atoms with E-state index in [-0.39, 0.29) is 17.9 Å². The monoisotopic (exact) mass is 201 g/mol. The predicted octanol–water partition coefficient (Wildman–Crippen LogP) is 0.947. The van der Waals surface area contributed by atoms with Crippen LogP contribution in [-0.2, 0) is 9.63 Å². The molecular weight excluding hydrogens is 182 g/mol. The van der Waals surface area contributed by atoms with E-state index in [4.69, 9.17) is 4.84 Å². The fourth-order valence-electron chi connectivity index (χ4n) is 1.88. The van der Waals surface area contributed by atoms with Crippen LogP contribution in [0.25, 0.3) is 0 Å². The van der Waals surface area contributed by atoms with Gasteiger partial charge in [-0.05, 0) is 25.7 Å². The number of hydrogen-bond donors (Lipinski definition) is 1. The van der Waals surface area contributed by atoms with Gasteiger partial charge in [0.1, 0.15) is 0 Å². The minimum Gasteiger partial charge on any atom is -0.393 e. The van der Waals surface area contributed by atoms with Crippen LogP contribution >= 0.6 is 0 Å². The number of nitrogens with zero attached hydrogens (tertiary/aromatic N) is 1. The van der Waals surface area contributed by atoms with Crippen LogP contribution < -0.4 is 0 Å². The first-order valence-electron chi connectivity index (χ1n) is 5.15. The van der Waals surface area contributed by atoms with Crippen LogP contribution in [0.2, 0.25) is 0 Å². The Morgan fingerprint density at radius 1 is 1.36 bits per heavy atom. The SMILES string of the molecule is CON(C)C(=O)[C@H]1CCC[C@H](O)CC1. The van der Waals surface area contributed by atoms with Crippen LogP contribution in [0, 0.1) is 5.92 Å². The van der Waals surface area contributed by atoms with E-state index in [1.165, 1.54) is 12.2 Å². The van der Waals surface area contributed by atoms with Gasteiger partial charge in [-0.2, -0.15) is 0 Å². The number of carbonyl (C=O) groups is 1. The number of amides is 1. The molecule has 1 aliphatic rings. The maximum absolute atomic E-state index is 11.7. The van der Waals surface area contributed by atoms with Crippen molar-refractivity contribution in [3.05, 3.63) is 0 Å². The maximum Gasteiger partial charge on any atom is 0.248 e. The average Bonchev–Trinajstić information content (AvgIpc) is 2.40. The Balaban J connectivity index is 2.47. The highest BCUT2D eigenvalue weighted by molar-refractivity contribution is 5.77. The Hall–Kier alpha value is -0.610. The van der Waals surface area contributed by atoms with Gasteiger partial charge in [0.05, 0.1) is 13.2 Å². The molecule has 0 spiro atoms. The summed E-state index contributed by atoms with van der Waals surface area (Å²) in [5.74, 6) is 0.0544. The summed E-state index contributed by atoms with van der Waals surface area (Å²) in [7, 11) is 3.12. The van der Waals surface area contributed by atoms with Crippen molar-refractivity contribution in [2.45, 2.75) is 38.2 Å². The molecule has 1 saturated carbocycles. The second kappa shape index (κ2) is 5.32. The lowest BCUT2D eigenvalue weighted by Crippen LogP contribution is -2.31. The van der Waals surface area contributed by atoms with E-state index < -0.39 is 0 Å². The molecule has 0 heterocycles. The molecule has 0 bridgehead atoms. The molecule has 0 saturated heterocycles. The normalized spacial score (nSPS) is 28.2. The Morgan fingerprint density at radius 3 is 2.71 bits per heavy atom. The van der Waals surface area contributed by atoms with Gasteiger partial charge in [0.2, 0.25) is 5.91 Å². The summed E-state index contributed by atoms with van der Waals surface area (Å²) in [6.07, 6.45) is 3.89. The van der Waals surface area contributed by atoms with Gasteiger partial charge in [0.15, 0.2) is 0 Å². The van der Waals surface area contributed by atoms with Crippen LogP contribution in [0.3, 0.4) is 0 Å². The molecule has 1 fully saturated rings. The van der Waals surface area contributed by atoms with E-state index >= 15 is 0 Å². The van der Waals surface area contributed by atoms with Crippen molar-refractivity contribution in [2.75, 3.05) is 14.2 Å². The predicted molar refractivity (Wildman–Crippen MR) is 52.4 cm³/mol. The number of rotatable bonds is 2. The molecular formula is C10H19NO3. The van der Waals surface area contributed by atoms with Crippen molar-refractivity contribution >= 4 is 5.91 Å². The summed E-state index contributed by atoms with van der Waals surface area (Å²) in [5, 5.41) is 10.7. The third-order valence-electron chi connectivity index (χ3n) is 2.87. The fourth-order valence-corrected chi connectivity index (χ4v) is 1.88. The second-order valence-corrected chi connectivity index (χ2v) is 3.88. The van der Waals surface area contributed by atoms with E-state index in [0.717, 1.165) is 32.1 Å². The zero-order chi connectivity index (χ0) is 10.6. The third kappa shape index (κ3) is 2.96. The zero-order valence-corrected chi connectivity index (χ0v) is 8.90. The van der Waals surface area contributed by atoms with Crippen molar-refractivity contribution < 1.29 is 14.7 Å². The lowest BCUT2D eigenvalue weighted by Gasteiger charge is -2.20.